The van der Waals surface area contributed by atoms with Crippen LogP contribution >= 0.6 is 0 Å². The monoisotopic (exact) mass is 506 g/mol. The molecule has 1 aliphatic carbocycles. The number of hydrogen-bond donors (Lipinski definition) is 1. The van der Waals surface area contributed by atoms with Crippen LogP contribution in [0.25, 0.3) is 54.4 Å². The highest BCUT2D eigenvalue weighted by Crippen LogP contribution is 2.48. The van der Waals surface area contributed by atoms with Gasteiger partial charge in [-0.1, -0.05) is 94.4 Å². The SMILES string of the molecule is CC1(C)CCC(C)(C)c2cc3c(cc21)[nH]c1cc2c(cc13)c1ccc3ccccc3c1n2Cc1ccccc1. The van der Waals surface area contributed by atoms with Crippen LogP contribution in [0.4, 0.5) is 0 Å². The zero-order valence-corrected chi connectivity index (χ0v) is 23.2. The van der Waals surface area contributed by atoms with E-state index in [0.29, 0.717) is 0 Å². The molecule has 0 spiro atoms. The second kappa shape index (κ2) is 7.76. The number of nitrogens with one attached hydrogen (secondary N) is 1. The Morgan fingerprint density at radius 2 is 1.28 bits per heavy atom. The molecule has 192 valence electrons. The van der Waals surface area contributed by atoms with Gasteiger partial charge in [-0.25, -0.2) is 0 Å². The fraction of sp³-hybridized carbons (Fsp3) is 0.243. The number of nitrogens with zero attached hydrogens (tertiary/aromatic N) is 1. The van der Waals surface area contributed by atoms with Crippen LogP contribution in [-0.2, 0) is 17.4 Å². The van der Waals surface area contributed by atoms with Crippen LogP contribution in [0, 0.1) is 0 Å². The normalized spacial score (nSPS) is 16.5. The molecule has 0 saturated carbocycles. The number of benzene rings is 5. The molecule has 7 aromatic rings. The van der Waals surface area contributed by atoms with Gasteiger partial charge in [-0.2, -0.15) is 0 Å². The fourth-order valence-electron chi connectivity index (χ4n) is 7.25. The van der Waals surface area contributed by atoms with Crippen molar-refractivity contribution in [3.8, 4) is 0 Å². The van der Waals surface area contributed by atoms with Gasteiger partial charge in [-0.15, -0.1) is 0 Å². The Kier molecular flexibility index (Phi) is 4.56. The Morgan fingerprint density at radius 1 is 0.615 bits per heavy atom. The zero-order valence-electron chi connectivity index (χ0n) is 23.2. The topological polar surface area (TPSA) is 20.7 Å². The molecule has 8 rings (SSSR count). The molecular formula is C37H34N2. The largest absolute Gasteiger partial charge is 0.354 e. The van der Waals surface area contributed by atoms with E-state index in [-0.39, 0.29) is 10.8 Å². The summed E-state index contributed by atoms with van der Waals surface area (Å²) in [6, 6.07) is 34.1. The van der Waals surface area contributed by atoms with Crippen molar-refractivity contribution in [2.75, 3.05) is 0 Å². The highest BCUT2D eigenvalue weighted by atomic mass is 15.0. The molecule has 1 aliphatic rings. The van der Waals surface area contributed by atoms with Gasteiger partial charge in [0.25, 0.3) is 0 Å². The van der Waals surface area contributed by atoms with E-state index in [1.54, 1.807) is 0 Å². The second-order valence-electron chi connectivity index (χ2n) is 13.0. The van der Waals surface area contributed by atoms with Gasteiger partial charge in [-0.05, 0) is 70.0 Å². The average molecular weight is 507 g/mol. The van der Waals surface area contributed by atoms with Gasteiger partial charge in [0.05, 0.1) is 11.0 Å². The molecule has 5 aromatic carbocycles. The first-order valence-electron chi connectivity index (χ1n) is 14.3. The van der Waals surface area contributed by atoms with Crippen LogP contribution in [-0.4, -0.2) is 9.55 Å². The summed E-state index contributed by atoms with van der Waals surface area (Å²) in [5.74, 6) is 0. The minimum absolute atomic E-state index is 0.192. The van der Waals surface area contributed by atoms with Crippen molar-refractivity contribution in [1.82, 2.24) is 9.55 Å². The van der Waals surface area contributed by atoms with Crippen LogP contribution < -0.4 is 0 Å². The molecule has 0 amide bonds. The molecule has 2 aromatic heterocycles. The van der Waals surface area contributed by atoms with Crippen LogP contribution in [0.5, 0.6) is 0 Å². The van der Waals surface area contributed by atoms with E-state index in [9.17, 15) is 0 Å². The van der Waals surface area contributed by atoms with Crippen LogP contribution in [0.1, 0.15) is 57.2 Å². The van der Waals surface area contributed by atoms with Gasteiger partial charge >= 0.3 is 0 Å². The third-order valence-corrected chi connectivity index (χ3v) is 9.62. The quantitative estimate of drug-likeness (QED) is 0.241. The molecule has 0 bridgehead atoms. The van der Waals surface area contributed by atoms with E-state index in [1.807, 2.05) is 0 Å². The minimum atomic E-state index is 0.192. The van der Waals surface area contributed by atoms with Gasteiger partial charge in [0.15, 0.2) is 0 Å². The summed E-state index contributed by atoms with van der Waals surface area (Å²) in [7, 11) is 0. The van der Waals surface area contributed by atoms with Crippen LogP contribution in [0.2, 0.25) is 0 Å². The predicted octanol–water partition coefficient (Wildman–Crippen LogP) is 9.98. The highest BCUT2D eigenvalue weighted by molar-refractivity contribution is 6.22. The van der Waals surface area contributed by atoms with Crippen molar-refractivity contribution < 1.29 is 0 Å². The van der Waals surface area contributed by atoms with Gasteiger partial charge in [-0.3, -0.25) is 0 Å². The summed E-state index contributed by atoms with van der Waals surface area (Å²) in [5, 5.41) is 7.93. The average Bonchev–Trinajstić information content (AvgIpc) is 3.44. The first-order chi connectivity index (χ1) is 18.8. The molecule has 0 unspecified atom stereocenters. The molecule has 0 fully saturated rings. The molecule has 0 saturated heterocycles. The van der Waals surface area contributed by atoms with Crippen LogP contribution in [0.15, 0.2) is 91.0 Å². The van der Waals surface area contributed by atoms with Crippen molar-refractivity contribution in [3.63, 3.8) is 0 Å². The second-order valence-corrected chi connectivity index (χ2v) is 13.0. The first-order valence-corrected chi connectivity index (χ1v) is 14.3. The molecule has 1 N–H and O–H groups in total. The maximum absolute atomic E-state index is 3.84. The van der Waals surface area contributed by atoms with Crippen molar-refractivity contribution in [3.05, 3.63) is 108 Å². The number of aromatic nitrogens is 2. The summed E-state index contributed by atoms with van der Waals surface area (Å²) in [6.07, 6.45) is 2.46. The lowest BCUT2D eigenvalue weighted by atomic mass is 9.63. The van der Waals surface area contributed by atoms with E-state index in [2.05, 4.69) is 128 Å². The van der Waals surface area contributed by atoms with E-state index in [4.69, 9.17) is 0 Å². The maximum Gasteiger partial charge on any atom is 0.0574 e. The van der Waals surface area contributed by atoms with Crippen molar-refractivity contribution in [2.45, 2.75) is 57.9 Å². The van der Waals surface area contributed by atoms with Gasteiger partial charge < -0.3 is 9.55 Å². The number of hydrogen-bond acceptors (Lipinski definition) is 0. The fourth-order valence-corrected chi connectivity index (χ4v) is 7.25. The molecule has 0 aliphatic heterocycles. The Labute approximate surface area is 229 Å². The summed E-state index contributed by atoms with van der Waals surface area (Å²) in [4.78, 5) is 3.84. The third kappa shape index (κ3) is 3.27. The number of fused-ring (bicyclic) bond motifs is 9. The van der Waals surface area contributed by atoms with E-state index >= 15 is 0 Å². The van der Waals surface area contributed by atoms with Crippen molar-refractivity contribution in [1.29, 1.82) is 0 Å². The highest BCUT2D eigenvalue weighted by Gasteiger charge is 2.37. The summed E-state index contributed by atoms with van der Waals surface area (Å²) in [5.41, 5.74) is 9.82. The smallest absolute Gasteiger partial charge is 0.0574 e. The van der Waals surface area contributed by atoms with Crippen molar-refractivity contribution in [2.24, 2.45) is 0 Å². The van der Waals surface area contributed by atoms with Crippen molar-refractivity contribution >= 4 is 54.4 Å². The Bertz CT molecular complexity index is 2080. The zero-order chi connectivity index (χ0) is 26.5. The van der Waals surface area contributed by atoms with E-state index in [0.717, 1.165) is 6.54 Å². The number of aromatic amines is 1. The number of H-pyrrole nitrogens is 1. The summed E-state index contributed by atoms with van der Waals surface area (Å²) < 4.78 is 2.53. The number of rotatable bonds is 2. The molecule has 2 heteroatoms. The predicted molar refractivity (Wildman–Crippen MR) is 167 cm³/mol. The first kappa shape index (κ1) is 22.9. The Hall–Kier alpha value is -4.04. The van der Waals surface area contributed by atoms with E-state index < -0.39 is 0 Å². The van der Waals surface area contributed by atoms with Gasteiger partial charge in [0, 0.05) is 44.5 Å². The summed E-state index contributed by atoms with van der Waals surface area (Å²) >= 11 is 0. The lowest BCUT2D eigenvalue weighted by Gasteiger charge is -2.41. The standard InChI is InChI=1S/C37H34N2/c1-36(2)16-17-37(3,4)31-20-32-28(19-30(31)36)27-18-29-26-15-14-24-12-8-9-13-25(24)35(26)39(34(29)21-33(27)38-32)22-23-10-6-5-7-11-23/h5-15,18-21,38H,16-17,22H2,1-4H3. The minimum Gasteiger partial charge on any atom is -0.354 e. The third-order valence-electron chi connectivity index (χ3n) is 9.62. The summed E-state index contributed by atoms with van der Waals surface area (Å²) in [6.45, 7) is 10.5. The lowest BCUT2D eigenvalue weighted by molar-refractivity contribution is 0.332. The molecule has 0 radical (unpaired) electrons. The van der Waals surface area contributed by atoms with Gasteiger partial charge in [0.1, 0.15) is 0 Å². The maximum atomic E-state index is 3.84. The lowest BCUT2D eigenvalue weighted by Crippen LogP contribution is -2.33. The molecule has 39 heavy (non-hydrogen) atoms. The van der Waals surface area contributed by atoms with Gasteiger partial charge in [0.2, 0.25) is 0 Å². The molecule has 2 heterocycles. The Morgan fingerprint density at radius 3 is 2.08 bits per heavy atom. The molecule has 2 nitrogen and oxygen atoms in total. The van der Waals surface area contributed by atoms with E-state index in [1.165, 1.54) is 83.9 Å². The molecular weight excluding hydrogens is 472 g/mol. The Balaban J connectivity index is 1.47. The molecule has 0 atom stereocenters. The van der Waals surface area contributed by atoms with Crippen LogP contribution in [0.3, 0.4) is 0 Å².